The molecule has 2 aliphatic rings. The quantitative estimate of drug-likeness (QED) is 0.474. The molecule has 2 fully saturated rings. The van der Waals surface area contributed by atoms with Crippen molar-refractivity contribution < 1.29 is 14.3 Å². The molecule has 1 saturated carbocycles. The van der Waals surface area contributed by atoms with E-state index in [1.54, 1.807) is 13.4 Å². The number of amides is 1. The molecule has 7 heteroatoms. The van der Waals surface area contributed by atoms with E-state index in [1.165, 1.54) is 18.4 Å². The van der Waals surface area contributed by atoms with E-state index >= 15 is 0 Å². The standard InChI is InChI=1S/C29H36N4O3/c1-31-19-23(30-21-31)17-29(34)33-15-14-32(20-25(33)16-22-8-4-3-5-9-22)24-12-13-27(35-2)28(18-24)36-26-10-6-7-11-26/h3-5,8-9,12-13,18-19,21,25-26H,6-7,10-11,14-17,20H2,1-2H3/t25-/m0/s1. The van der Waals surface area contributed by atoms with Crippen LogP contribution in [-0.4, -0.2) is 59.2 Å². The number of anilines is 1. The highest BCUT2D eigenvalue weighted by Crippen LogP contribution is 2.36. The van der Waals surface area contributed by atoms with Crippen molar-refractivity contribution in [1.82, 2.24) is 14.5 Å². The van der Waals surface area contributed by atoms with E-state index in [1.807, 2.05) is 29.9 Å². The molecule has 0 radical (unpaired) electrons. The Hall–Kier alpha value is -3.48. The number of benzene rings is 2. The molecule has 2 aromatic carbocycles. The molecule has 1 atom stereocenters. The first-order valence-corrected chi connectivity index (χ1v) is 13.0. The molecule has 1 saturated heterocycles. The number of piperazine rings is 1. The number of nitrogens with zero attached hydrogens (tertiary/aromatic N) is 4. The lowest BCUT2D eigenvalue weighted by atomic mass is 10.0. The van der Waals surface area contributed by atoms with Crippen molar-refractivity contribution in [3.63, 3.8) is 0 Å². The number of hydrogen-bond donors (Lipinski definition) is 0. The zero-order chi connectivity index (χ0) is 24.9. The number of carbonyl (C=O) groups excluding carboxylic acids is 1. The van der Waals surface area contributed by atoms with Crippen LogP contribution in [0.3, 0.4) is 0 Å². The van der Waals surface area contributed by atoms with Gasteiger partial charge in [-0.25, -0.2) is 4.98 Å². The Morgan fingerprint density at radius 3 is 2.58 bits per heavy atom. The second-order valence-corrected chi connectivity index (χ2v) is 9.94. The molecule has 0 N–H and O–H groups in total. The Bertz CT molecular complexity index is 1160. The molecular formula is C29H36N4O3. The first-order chi connectivity index (χ1) is 17.6. The third-order valence-electron chi connectivity index (χ3n) is 7.32. The van der Waals surface area contributed by atoms with Crippen LogP contribution < -0.4 is 14.4 Å². The number of rotatable bonds is 8. The van der Waals surface area contributed by atoms with Gasteiger partial charge >= 0.3 is 0 Å². The largest absolute Gasteiger partial charge is 0.493 e. The van der Waals surface area contributed by atoms with Crippen LogP contribution in [0, 0.1) is 0 Å². The van der Waals surface area contributed by atoms with E-state index in [0.29, 0.717) is 13.0 Å². The minimum absolute atomic E-state index is 0.0682. The van der Waals surface area contributed by atoms with Gasteiger partial charge in [-0.15, -0.1) is 0 Å². The summed E-state index contributed by atoms with van der Waals surface area (Å²) < 4.78 is 13.8. The van der Waals surface area contributed by atoms with Gasteiger partial charge in [0.1, 0.15) is 0 Å². The fraction of sp³-hybridized carbons (Fsp3) is 0.448. The van der Waals surface area contributed by atoms with Crippen molar-refractivity contribution in [3.8, 4) is 11.5 Å². The number of hydrogen-bond acceptors (Lipinski definition) is 5. The van der Waals surface area contributed by atoms with Gasteiger partial charge in [0, 0.05) is 44.6 Å². The first-order valence-electron chi connectivity index (χ1n) is 13.0. The van der Waals surface area contributed by atoms with E-state index < -0.39 is 0 Å². The molecule has 2 heterocycles. The van der Waals surface area contributed by atoms with Crippen LogP contribution in [0.1, 0.15) is 36.9 Å². The zero-order valence-corrected chi connectivity index (χ0v) is 21.3. The minimum atomic E-state index is 0.0682. The summed E-state index contributed by atoms with van der Waals surface area (Å²) in [6.07, 6.45) is 9.72. The fourth-order valence-corrected chi connectivity index (χ4v) is 5.43. The van der Waals surface area contributed by atoms with Crippen molar-refractivity contribution >= 4 is 11.6 Å². The Morgan fingerprint density at radius 2 is 1.86 bits per heavy atom. The van der Waals surface area contributed by atoms with Crippen molar-refractivity contribution in [2.45, 2.75) is 50.7 Å². The van der Waals surface area contributed by atoms with Crippen molar-refractivity contribution in [1.29, 1.82) is 0 Å². The molecule has 0 spiro atoms. The van der Waals surface area contributed by atoms with Gasteiger partial charge < -0.3 is 23.8 Å². The number of methoxy groups -OCH3 is 1. The van der Waals surface area contributed by atoms with Gasteiger partial charge in [0.2, 0.25) is 5.91 Å². The number of imidazole rings is 1. The van der Waals surface area contributed by atoms with Gasteiger partial charge in [0.25, 0.3) is 0 Å². The molecule has 1 aromatic heterocycles. The number of aryl methyl sites for hydroxylation is 1. The van der Waals surface area contributed by atoms with Crippen molar-refractivity contribution in [2.75, 3.05) is 31.6 Å². The van der Waals surface area contributed by atoms with Gasteiger partial charge in [0.05, 0.1) is 37.7 Å². The minimum Gasteiger partial charge on any atom is -0.493 e. The Kier molecular flexibility index (Phi) is 7.44. The van der Waals surface area contributed by atoms with Crippen molar-refractivity contribution in [2.24, 2.45) is 7.05 Å². The summed E-state index contributed by atoms with van der Waals surface area (Å²) in [6.45, 7) is 2.21. The van der Waals surface area contributed by atoms with Crippen molar-refractivity contribution in [3.05, 3.63) is 72.3 Å². The highest BCUT2D eigenvalue weighted by molar-refractivity contribution is 5.79. The Morgan fingerprint density at radius 1 is 1.06 bits per heavy atom. The summed E-state index contributed by atoms with van der Waals surface area (Å²) in [7, 11) is 3.62. The number of ether oxygens (including phenoxy) is 2. The number of carbonyl (C=O) groups is 1. The summed E-state index contributed by atoms with van der Waals surface area (Å²) >= 11 is 0. The summed E-state index contributed by atoms with van der Waals surface area (Å²) in [5.41, 5.74) is 3.16. The normalized spacial score (nSPS) is 18.4. The van der Waals surface area contributed by atoms with Crippen LogP contribution in [0.2, 0.25) is 0 Å². The average Bonchev–Trinajstić information content (AvgIpc) is 3.56. The molecule has 0 bridgehead atoms. The molecule has 5 rings (SSSR count). The van der Waals surface area contributed by atoms with Gasteiger partial charge in [-0.3, -0.25) is 4.79 Å². The molecule has 1 aliphatic heterocycles. The average molecular weight is 489 g/mol. The molecule has 190 valence electrons. The lowest BCUT2D eigenvalue weighted by Gasteiger charge is -2.43. The Labute approximate surface area is 213 Å². The summed E-state index contributed by atoms with van der Waals surface area (Å²) in [5.74, 6) is 1.72. The Balaban J connectivity index is 1.35. The van der Waals surface area contributed by atoms with Gasteiger partial charge in [-0.2, -0.15) is 0 Å². The monoisotopic (exact) mass is 488 g/mol. The highest BCUT2D eigenvalue weighted by atomic mass is 16.5. The number of aromatic nitrogens is 2. The SMILES string of the molecule is COc1ccc(N2CCN(C(=O)Cc3cn(C)cn3)[C@@H](Cc3ccccc3)C2)cc1OC1CCCC1. The molecule has 1 aliphatic carbocycles. The second kappa shape index (κ2) is 11.1. The molecule has 0 unspecified atom stereocenters. The van der Waals surface area contributed by atoms with E-state index in [4.69, 9.17) is 9.47 Å². The third-order valence-corrected chi connectivity index (χ3v) is 7.32. The summed E-state index contributed by atoms with van der Waals surface area (Å²) in [4.78, 5) is 22.2. The molecular weight excluding hydrogens is 452 g/mol. The van der Waals surface area contributed by atoms with Crippen LogP contribution in [-0.2, 0) is 24.7 Å². The second-order valence-electron chi connectivity index (χ2n) is 9.94. The maximum absolute atomic E-state index is 13.4. The topological polar surface area (TPSA) is 59.8 Å². The van der Waals surface area contributed by atoms with E-state index in [-0.39, 0.29) is 18.1 Å². The van der Waals surface area contributed by atoms with Gasteiger partial charge in [0.15, 0.2) is 11.5 Å². The van der Waals surface area contributed by atoms with Gasteiger partial charge in [-0.05, 0) is 49.8 Å². The maximum atomic E-state index is 13.4. The van der Waals surface area contributed by atoms with Crippen LogP contribution in [0.5, 0.6) is 11.5 Å². The zero-order valence-electron chi connectivity index (χ0n) is 21.3. The van der Waals surface area contributed by atoms with Crippen LogP contribution in [0.4, 0.5) is 5.69 Å². The molecule has 1 amide bonds. The highest BCUT2D eigenvalue weighted by Gasteiger charge is 2.31. The summed E-state index contributed by atoms with van der Waals surface area (Å²) in [5, 5.41) is 0. The lowest BCUT2D eigenvalue weighted by molar-refractivity contribution is -0.133. The first kappa shape index (κ1) is 24.2. The molecule has 7 nitrogen and oxygen atoms in total. The van der Waals surface area contributed by atoms with E-state index in [2.05, 4.69) is 51.2 Å². The maximum Gasteiger partial charge on any atom is 0.229 e. The smallest absolute Gasteiger partial charge is 0.229 e. The van der Waals surface area contributed by atoms with Crippen LogP contribution in [0.15, 0.2) is 61.1 Å². The molecule has 3 aromatic rings. The predicted octanol–water partition coefficient (Wildman–Crippen LogP) is 4.25. The van der Waals surface area contributed by atoms with E-state index in [9.17, 15) is 4.79 Å². The fourth-order valence-electron chi connectivity index (χ4n) is 5.43. The van der Waals surface area contributed by atoms with E-state index in [0.717, 1.165) is 55.2 Å². The van der Waals surface area contributed by atoms with Crippen LogP contribution in [0.25, 0.3) is 0 Å². The van der Waals surface area contributed by atoms with Gasteiger partial charge in [-0.1, -0.05) is 30.3 Å². The third kappa shape index (κ3) is 5.66. The van der Waals surface area contributed by atoms with Crippen LogP contribution >= 0.6 is 0 Å². The predicted molar refractivity (Wildman–Crippen MR) is 141 cm³/mol. The summed E-state index contributed by atoms with van der Waals surface area (Å²) in [6, 6.07) is 16.7. The molecule has 36 heavy (non-hydrogen) atoms. The lowest BCUT2D eigenvalue weighted by Crippen LogP contribution is -2.56.